The molecule has 0 aliphatic carbocycles. The third-order valence-corrected chi connectivity index (χ3v) is 3.68. The minimum Gasteiger partial charge on any atom is -0.394 e. The van der Waals surface area contributed by atoms with Crippen LogP contribution >= 0.6 is 0 Å². The van der Waals surface area contributed by atoms with E-state index in [4.69, 9.17) is 23.7 Å². The van der Waals surface area contributed by atoms with Crippen LogP contribution in [0.25, 0.3) is 0 Å². The van der Waals surface area contributed by atoms with Gasteiger partial charge in [0.25, 0.3) is 0 Å². The highest BCUT2D eigenvalue weighted by molar-refractivity contribution is 4.98. The molecule has 3 saturated heterocycles. The van der Waals surface area contributed by atoms with Crippen molar-refractivity contribution in [1.82, 2.24) is 0 Å². The maximum Gasteiger partial charge on any atom is 0.190 e. The summed E-state index contributed by atoms with van der Waals surface area (Å²) in [5.74, 6) is 0. The van der Waals surface area contributed by atoms with Crippen LogP contribution in [0.3, 0.4) is 0 Å². The zero-order chi connectivity index (χ0) is 13.4. The van der Waals surface area contributed by atoms with Crippen molar-refractivity contribution in [1.29, 1.82) is 0 Å². The smallest absolute Gasteiger partial charge is 0.190 e. The van der Waals surface area contributed by atoms with Crippen LogP contribution in [-0.4, -0.2) is 55.0 Å². The monoisotopic (exact) mass is 272 g/mol. The van der Waals surface area contributed by atoms with Crippen molar-refractivity contribution in [3.8, 4) is 0 Å². The Hall–Kier alpha value is -0.500. The predicted octanol–water partition coefficient (Wildman–Crippen LogP) is 0.541. The Balaban J connectivity index is 1.71. The van der Waals surface area contributed by atoms with E-state index in [0.29, 0.717) is 12.8 Å². The Morgan fingerprint density at radius 1 is 1.00 bits per heavy atom. The summed E-state index contributed by atoms with van der Waals surface area (Å²) in [7, 11) is 0. The minimum absolute atomic E-state index is 0.101. The lowest BCUT2D eigenvalue weighted by Gasteiger charge is -2.38. The Labute approximate surface area is 112 Å². The van der Waals surface area contributed by atoms with Gasteiger partial charge < -0.3 is 28.8 Å². The highest BCUT2D eigenvalue weighted by Crippen LogP contribution is 2.40. The van der Waals surface area contributed by atoms with Gasteiger partial charge in [0.1, 0.15) is 24.4 Å². The second-order valence-corrected chi connectivity index (χ2v) is 4.96. The molecule has 108 valence electrons. The molecule has 6 nitrogen and oxygen atoms in total. The third-order valence-electron chi connectivity index (χ3n) is 3.68. The van der Waals surface area contributed by atoms with E-state index in [-0.39, 0.29) is 43.6 Å². The topological polar surface area (TPSA) is 66.4 Å². The van der Waals surface area contributed by atoms with Crippen molar-refractivity contribution < 1.29 is 28.8 Å². The summed E-state index contributed by atoms with van der Waals surface area (Å²) in [5, 5.41) is 9.40. The van der Waals surface area contributed by atoms with Gasteiger partial charge in [-0.3, -0.25) is 0 Å². The van der Waals surface area contributed by atoms with Gasteiger partial charge in [-0.1, -0.05) is 13.0 Å². The molecule has 7 atom stereocenters. The standard InChI is InChI=1S/C13H20O6/c1-3-5-9-17-12-11-10(19-13(12)18-9)7(6-14)15-8(4-2)16-11/h3,7-14H,1,4-6H2,2H3. The molecular weight excluding hydrogens is 252 g/mol. The Bertz CT molecular complexity index is 335. The second-order valence-electron chi connectivity index (χ2n) is 4.96. The van der Waals surface area contributed by atoms with Gasteiger partial charge in [-0.25, -0.2) is 0 Å². The summed E-state index contributed by atoms with van der Waals surface area (Å²) >= 11 is 0. The number of ether oxygens (including phenoxy) is 5. The molecule has 0 amide bonds. The fourth-order valence-corrected chi connectivity index (χ4v) is 2.78. The maximum atomic E-state index is 9.40. The van der Waals surface area contributed by atoms with Gasteiger partial charge in [-0.05, 0) is 6.42 Å². The number of hydrogen-bond acceptors (Lipinski definition) is 6. The van der Waals surface area contributed by atoms with E-state index in [9.17, 15) is 5.11 Å². The molecule has 0 aromatic rings. The van der Waals surface area contributed by atoms with E-state index >= 15 is 0 Å². The number of aliphatic hydroxyl groups excluding tert-OH is 1. The first kappa shape index (κ1) is 13.5. The van der Waals surface area contributed by atoms with Crippen molar-refractivity contribution in [2.45, 2.75) is 63.1 Å². The minimum atomic E-state index is -0.451. The Morgan fingerprint density at radius 2 is 1.79 bits per heavy atom. The first-order valence-electron chi connectivity index (χ1n) is 6.75. The fraction of sp³-hybridized carbons (Fsp3) is 0.846. The zero-order valence-electron chi connectivity index (χ0n) is 10.9. The van der Waals surface area contributed by atoms with Crippen LogP contribution in [0.2, 0.25) is 0 Å². The summed E-state index contributed by atoms with van der Waals surface area (Å²) in [6, 6.07) is 0. The van der Waals surface area contributed by atoms with Crippen molar-refractivity contribution in [2.75, 3.05) is 6.61 Å². The summed E-state index contributed by atoms with van der Waals surface area (Å²) in [6.45, 7) is 5.54. The quantitative estimate of drug-likeness (QED) is 0.754. The van der Waals surface area contributed by atoms with Gasteiger partial charge in [-0.15, -0.1) is 6.58 Å². The molecule has 3 aliphatic rings. The molecule has 0 aromatic carbocycles. The van der Waals surface area contributed by atoms with E-state index in [1.165, 1.54) is 0 Å². The molecule has 3 rings (SSSR count). The molecule has 3 heterocycles. The first-order valence-corrected chi connectivity index (χ1v) is 6.75. The maximum absolute atomic E-state index is 9.40. The van der Waals surface area contributed by atoms with E-state index in [2.05, 4.69) is 6.58 Å². The second kappa shape index (κ2) is 5.47. The molecule has 1 N–H and O–H groups in total. The summed E-state index contributed by atoms with van der Waals surface area (Å²) < 4.78 is 28.7. The molecule has 6 heteroatoms. The average Bonchev–Trinajstić information content (AvgIpc) is 2.95. The summed E-state index contributed by atoms with van der Waals surface area (Å²) in [4.78, 5) is 0. The summed E-state index contributed by atoms with van der Waals surface area (Å²) in [5.41, 5.74) is 0. The SMILES string of the molecule is C=CCC1OC2OC3C(CO)OC(CC)OC3C2O1. The highest BCUT2D eigenvalue weighted by atomic mass is 16.8. The number of hydrogen-bond donors (Lipinski definition) is 1. The van der Waals surface area contributed by atoms with Crippen LogP contribution in [0, 0.1) is 0 Å². The predicted molar refractivity (Wildman–Crippen MR) is 64.1 cm³/mol. The molecule has 3 aliphatic heterocycles. The van der Waals surface area contributed by atoms with Gasteiger partial charge in [0, 0.05) is 6.42 Å². The Morgan fingerprint density at radius 3 is 2.47 bits per heavy atom. The highest BCUT2D eigenvalue weighted by Gasteiger charge is 2.57. The van der Waals surface area contributed by atoms with E-state index in [1.54, 1.807) is 6.08 Å². The molecule has 3 fully saturated rings. The van der Waals surface area contributed by atoms with Crippen LogP contribution in [0.1, 0.15) is 19.8 Å². The van der Waals surface area contributed by atoms with Gasteiger partial charge >= 0.3 is 0 Å². The van der Waals surface area contributed by atoms with Gasteiger partial charge in [0.05, 0.1) is 6.61 Å². The first-order chi connectivity index (χ1) is 9.26. The fourth-order valence-electron chi connectivity index (χ4n) is 2.78. The van der Waals surface area contributed by atoms with Crippen LogP contribution < -0.4 is 0 Å². The van der Waals surface area contributed by atoms with Crippen molar-refractivity contribution >= 4 is 0 Å². The molecule has 7 unspecified atom stereocenters. The van der Waals surface area contributed by atoms with Gasteiger partial charge in [-0.2, -0.15) is 0 Å². The lowest BCUT2D eigenvalue weighted by atomic mass is 10.0. The molecule has 0 radical (unpaired) electrons. The van der Waals surface area contributed by atoms with E-state index in [1.807, 2.05) is 6.92 Å². The normalized spacial score (nSPS) is 48.8. The van der Waals surface area contributed by atoms with Crippen LogP contribution in [-0.2, 0) is 23.7 Å². The number of aliphatic hydroxyl groups is 1. The van der Waals surface area contributed by atoms with Gasteiger partial charge in [0.15, 0.2) is 18.9 Å². The van der Waals surface area contributed by atoms with Crippen molar-refractivity contribution in [3.63, 3.8) is 0 Å². The molecular formula is C13H20O6. The van der Waals surface area contributed by atoms with Crippen LogP contribution in [0.5, 0.6) is 0 Å². The molecule has 0 saturated carbocycles. The van der Waals surface area contributed by atoms with Crippen molar-refractivity contribution in [3.05, 3.63) is 12.7 Å². The lowest BCUT2D eigenvalue weighted by molar-refractivity contribution is -0.301. The number of fused-ring (bicyclic) bond motifs is 3. The lowest BCUT2D eigenvalue weighted by Crippen LogP contribution is -2.52. The Kier molecular flexibility index (Phi) is 3.88. The molecule has 0 aromatic heterocycles. The third kappa shape index (κ3) is 2.33. The average molecular weight is 272 g/mol. The largest absolute Gasteiger partial charge is 0.394 e. The molecule has 19 heavy (non-hydrogen) atoms. The van der Waals surface area contributed by atoms with Crippen LogP contribution in [0.15, 0.2) is 12.7 Å². The zero-order valence-corrected chi connectivity index (χ0v) is 10.9. The van der Waals surface area contributed by atoms with E-state index in [0.717, 1.165) is 0 Å². The number of rotatable bonds is 4. The van der Waals surface area contributed by atoms with Gasteiger partial charge in [0.2, 0.25) is 0 Å². The van der Waals surface area contributed by atoms with Crippen LogP contribution in [0.4, 0.5) is 0 Å². The molecule has 0 bridgehead atoms. The molecule has 0 spiro atoms. The van der Waals surface area contributed by atoms with Crippen molar-refractivity contribution in [2.24, 2.45) is 0 Å². The van der Waals surface area contributed by atoms with E-state index < -0.39 is 6.29 Å². The summed E-state index contributed by atoms with van der Waals surface area (Å²) in [6.07, 6.45) is 0.728.